The fraction of sp³-hybridized carbons (Fsp3) is 0.417. The van der Waals surface area contributed by atoms with Gasteiger partial charge in [-0.15, -0.1) is 0 Å². The van der Waals surface area contributed by atoms with Crippen molar-refractivity contribution in [2.24, 2.45) is 11.8 Å². The molecule has 4 atom stereocenters. The lowest BCUT2D eigenvalue weighted by atomic mass is 9.92. The highest BCUT2D eigenvalue weighted by Crippen LogP contribution is 2.36. The Morgan fingerprint density at radius 3 is 2.47 bits per heavy atom. The highest BCUT2D eigenvalue weighted by molar-refractivity contribution is 5.99. The summed E-state index contributed by atoms with van der Waals surface area (Å²) in [4.78, 5) is 25.2. The van der Waals surface area contributed by atoms with E-state index in [-0.39, 0.29) is 41.8 Å². The van der Waals surface area contributed by atoms with Crippen LogP contribution in [-0.4, -0.2) is 43.2 Å². The second-order valence-corrected chi connectivity index (χ2v) is 8.28. The van der Waals surface area contributed by atoms with Gasteiger partial charge in [0.2, 0.25) is 5.91 Å². The Morgan fingerprint density at radius 2 is 1.67 bits per heavy atom. The molecule has 2 aromatic carbocycles. The summed E-state index contributed by atoms with van der Waals surface area (Å²) in [5.74, 6) is 1.46. The van der Waals surface area contributed by atoms with E-state index in [4.69, 9.17) is 14.2 Å². The highest BCUT2D eigenvalue weighted by Gasteiger charge is 2.49. The van der Waals surface area contributed by atoms with Crippen molar-refractivity contribution in [1.29, 1.82) is 0 Å². The molecule has 6 heteroatoms. The third kappa shape index (κ3) is 3.98. The summed E-state index contributed by atoms with van der Waals surface area (Å²) >= 11 is 0. The van der Waals surface area contributed by atoms with Crippen LogP contribution < -0.4 is 10.1 Å². The molecule has 0 radical (unpaired) electrons. The maximum atomic E-state index is 13.1. The van der Waals surface area contributed by atoms with E-state index in [1.807, 2.05) is 48.5 Å². The first kappa shape index (κ1) is 19.3. The van der Waals surface area contributed by atoms with Crippen LogP contribution in [0.2, 0.25) is 0 Å². The largest absolute Gasteiger partial charge is 0.457 e. The van der Waals surface area contributed by atoms with Gasteiger partial charge in [-0.05, 0) is 37.1 Å². The van der Waals surface area contributed by atoms with Gasteiger partial charge in [-0.2, -0.15) is 0 Å². The van der Waals surface area contributed by atoms with E-state index in [1.165, 1.54) is 0 Å². The van der Waals surface area contributed by atoms with E-state index >= 15 is 0 Å². The van der Waals surface area contributed by atoms with Gasteiger partial charge in [0, 0.05) is 18.3 Å². The molecule has 156 valence electrons. The smallest absolute Gasteiger partial charge is 0.223 e. The lowest BCUT2D eigenvalue weighted by molar-refractivity contribution is -0.123. The average Bonchev–Trinajstić information content (AvgIpc) is 3.44. The molecule has 2 saturated heterocycles. The number of carbonyl (C=O) groups is 2. The maximum Gasteiger partial charge on any atom is 0.223 e. The lowest BCUT2D eigenvalue weighted by Crippen LogP contribution is -2.44. The van der Waals surface area contributed by atoms with E-state index in [0.29, 0.717) is 36.7 Å². The minimum atomic E-state index is -0.179. The number of rotatable bonds is 7. The monoisotopic (exact) mass is 407 g/mol. The molecule has 0 unspecified atom stereocenters. The van der Waals surface area contributed by atoms with Crippen molar-refractivity contribution in [2.45, 2.75) is 37.5 Å². The van der Waals surface area contributed by atoms with Crippen molar-refractivity contribution < 1.29 is 23.8 Å². The third-order valence-electron chi connectivity index (χ3n) is 6.04. The van der Waals surface area contributed by atoms with Crippen LogP contribution in [0.25, 0.3) is 0 Å². The summed E-state index contributed by atoms with van der Waals surface area (Å²) in [6, 6.07) is 16.6. The molecule has 1 saturated carbocycles. The third-order valence-corrected chi connectivity index (χ3v) is 6.04. The van der Waals surface area contributed by atoms with Crippen LogP contribution >= 0.6 is 0 Å². The number of Topliss-reactive ketones (excluding diaryl/α,β-unsaturated/α-hetero) is 1. The minimum absolute atomic E-state index is 0.00449. The molecular formula is C24H25NO5. The van der Waals surface area contributed by atoms with Crippen molar-refractivity contribution in [1.82, 2.24) is 5.32 Å². The van der Waals surface area contributed by atoms with Crippen molar-refractivity contribution in [3.63, 3.8) is 0 Å². The van der Waals surface area contributed by atoms with Crippen molar-refractivity contribution >= 4 is 11.7 Å². The van der Waals surface area contributed by atoms with E-state index in [1.54, 1.807) is 6.07 Å². The first-order valence-electron chi connectivity index (χ1n) is 10.6. The number of benzene rings is 2. The summed E-state index contributed by atoms with van der Waals surface area (Å²) in [5, 5.41) is 3.06. The van der Waals surface area contributed by atoms with Gasteiger partial charge < -0.3 is 19.5 Å². The van der Waals surface area contributed by atoms with Crippen molar-refractivity contribution in [2.75, 3.05) is 13.2 Å². The normalized spacial score (nSPS) is 27.5. The molecule has 30 heavy (non-hydrogen) atoms. The number of ketones is 1. The second-order valence-electron chi connectivity index (χ2n) is 8.28. The molecule has 2 aliphatic heterocycles. The Kier molecular flexibility index (Phi) is 5.27. The Morgan fingerprint density at radius 1 is 0.933 bits per heavy atom. The van der Waals surface area contributed by atoms with E-state index in [0.717, 1.165) is 12.8 Å². The van der Waals surface area contributed by atoms with Gasteiger partial charge in [0.05, 0.1) is 30.9 Å². The quantitative estimate of drug-likeness (QED) is 0.713. The van der Waals surface area contributed by atoms with Gasteiger partial charge in [0.1, 0.15) is 17.6 Å². The molecular weight excluding hydrogens is 382 g/mol. The number of ether oxygens (including phenoxy) is 3. The number of fused-ring (bicyclic) bond motifs is 1. The van der Waals surface area contributed by atoms with Crippen LogP contribution in [-0.2, 0) is 14.3 Å². The number of nitrogens with one attached hydrogen (secondary N) is 1. The molecule has 2 aromatic rings. The Labute approximate surface area is 175 Å². The van der Waals surface area contributed by atoms with Crippen LogP contribution in [0, 0.1) is 11.8 Å². The van der Waals surface area contributed by atoms with Crippen LogP contribution in [0.5, 0.6) is 11.5 Å². The predicted molar refractivity (Wildman–Crippen MR) is 110 cm³/mol. The van der Waals surface area contributed by atoms with E-state index in [9.17, 15) is 9.59 Å². The molecule has 0 bridgehead atoms. The van der Waals surface area contributed by atoms with Crippen LogP contribution in [0.15, 0.2) is 54.6 Å². The zero-order valence-corrected chi connectivity index (χ0v) is 16.7. The van der Waals surface area contributed by atoms with Gasteiger partial charge in [-0.3, -0.25) is 9.59 Å². The summed E-state index contributed by atoms with van der Waals surface area (Å²) in [6.07, 6.45) is 1.91. The van der Waals surface area contributed by atoms with Crippen LogP contribution in [0.1, 0.15) is 29.6 Å². The van der Waals surface area contributed by atoms with Gasteiger partial charge in [-0.25, -0.2) is 0 Å². The maximum absolute atomic E-state index is 13.1. The molecule has 3 aliphatic rings. The fourth-order valence-corrected chi connectivity index (χ4v) is 4.27. The van der Waals surface area contributed by atoms with Gasteiger partial charge >= 0.3 is 0 Å². The fourth-order valence-electron chi connectivity index (χ4n) is 4.27. The molecule has 5 rings (SSSR count). The molecule has 2 heterocycles. The average molecular weight is 407 g/mol. The number of carbonyl (C=O) groups excluding carboxylic acids is 2. The zero-order chi connectivity index (χ0) is 20.5. The predicted octanol–water partition coefficient (Wildman–Crippen LogP) is 3.36. The first-order chi connectivity index (χ1) is 14.7. The second kappa shape index (κ2) is 8.20. The molecule has 1 amide bonds. The molecule has 0 aromatic heterocycles. The topological polar surface area (TPSA) is 73.9 Å². The summed E-state index contributed by atoms with van der Waals surface area (Å²) in [7, 11) is 0. The van der Waals surface area contributed by atoms with Crippen LogP contribution in [0.3, 0.4) is 0 Å². The Bertz CT molecular complexity index is 926. The zero-order valence-electron chi connectivity index (χ0n) is 16.7. The summed E-state index contributed by atoms with van der Waals surface area (Å²) in [6.45, 7) is 0.894. The molecule has 6 nitrogen and oxygen atoms in total. The first-order valence-corrected chi connectivity index (χ1v) is 10.6. The number of hydrogen-bond donors (Lipinski definition) is 1. The Balaban J connectivity index is 1.24. The lowest BCUT2D eigenvalue weighted by Gasteiger charge is -2.18. The molecule has 1 aliphatic carbocycles. The SMILES string of the molecule is O=C(C[C@H]1CO[C@H]2[C@@H]1OC[C@@H]2NC(=O)C1CC1)c1ccccc1Oc1ccccc1. The van der Waals surface area contributed by atoms with E-state index < -0.39 is 0 Å². The number of para-hydroxylation sites is 2. The van der Waals surface area contributed by atoms with Crippen molar-refractivity contribution in [3.05, 3.63) is 60.2 Å². The van der Waals surface area contributed by atoms with E-state index in [2.05, 4.69) is 5.32 Å². The molecule has 3 fully saturated rings. The van der Waals surface area contributed by atoms with Crippen molar-refractivity contribution in [3.8, 4) is 11.5 Å². The van der Waals surface area contributed by atoms with Gasteiger partial charge in [0.25, 0.3) is 0 Å². The van der Waals surface area contributed by atoms with Crippen LogP contribution in [0.4, 0.5) is 0 Å². The standard InChI is InChI=1S/C24H25NO5/c26-20(18-8-4-5-9-21(18)30-17-6-2-1-3-7-17)12-16-13-28-23-19(14-29-22(16)23)25-24(27)15-10-11-15/h1-9,15-16,19,22-23H,10-14H2,(H,25,27)/t16-,19-,22+,23+/m0/s1. The van der Waals surface area contributed by atoms with Gasteiger partial charge in [0.15, 0.2) is 5.78 Å². The molecule has 1 N–H and O–H groups in total. The minimum Gasteiger partial charge on any atom is -0.457 e. The summed E-state index contributed by atoms with van der Waals surface area (Å²) < 4.78 is 17.8. The number of hydrogen-bond acceptors (Lipinski definition) is 5. The Hall–Kier alpha value is -2.70. The highest BCUT2D eigenvalue weighted by atomic mass is 16.6. The molecule has 0 spiro atoms. The summed E-state index contributed by atoms with van der Waals surface area (Å²) in [5.41, 5.74) is 0.557. The van der Waals surface area contributed by atoms with Gasteiger partial charge in [-0.1, -0.05) is 30.3 Å². The number of amides is 1.